The van der Waals surface area contributed by atoms with Crippen LogP contribution in [-0.4, -0.2) is 13.1 Å². The average Bonchev–Trinajstić information content (AvgIpc) is 2.61. The van der Waals surface area contributed by atoms with Crippen molar-refractivity contribution in [3.63, 3.8) is 0 Å². The minimum absolute atomic E-state index is 0.136. The molecule has 2 aromatic carbocycles. The minimum atomic E-state index is -1.56. The van der Waals surface area contributed by atoms with E-state index < -0.39 is 23.1 Å². The molecule has 0 aromatic heterocycles. The van der Waals surface area contributed by atoms with Gasteiger partial charge in [-0.25, -0.2) is 13.6 Å². The van der Waals surface area contributed by atoms with Crippen LogP contribution in [0.3, 0.4) is 0 Å². The Balaban J connectivity index is 2.32. The summed E-state index contributed by atoms with van der Waals surface area (Å²) in [7, 11) is 1.18. The molecule has 6 heteroatoms. The van der Waals surface area contributed by atoms with E-state index in [1.54, 1.807) is 24.3 Å². The fourth-order valence-corrected chi connectivity index (χ4v) is 2.34. The lowest BCUT2D eigenvalue weighted by Crippen LogP contribution is -2.47. The quantitative estimate of drug-likeness (QED) is 0.856. The maximum absolute atomic E-state index is 14.1. The minimum Gasteiger partial charge on any atom is -0.467 e. The number of benzene rings is 2. The van der Waals surface area contributed by atoms with Crippen LogP contribution >= 0.6 is 0 Å². The summed E-state index contributed by atoms with van der Waals surface area (Å²) in [6.07, 6.45) is 0. The van der Waals surface area contributed by atoms with Gasteiger partial charge in [-0.3, -0.25) is 5.32 Å². The van der Waals surface area contributed by atoms with Gasteiger partial charge in [0.15, 0.2) is 0 Å². The Morgan fingerprint density at radius 1 is 1.25 bits per heavy atom. The van der Waals surface area contributed by atoms with Crippen LogP contribution in [0.15, 0.2) is 42.5 Å². The van der Waals surface area contributed by atoms with Crippen LogP contribution in [0.4, 0.5) is 8.78 Å². The van der Waals surface area contributed by atoms with Crippen molar-refractivity contribution in [1.82, 2.24) is 5.32 Å². The maximum Gasteiger partial charge on any atom is 0.330 e. The first kappa shape index (κ1) is 17.6. The molecule has 0 heterocycles. The highest BCUT2D eigenvalue weighted by Gasteiger charge is 2.38. The first-order valence-corrected chi connectivity index (χ1v) is 7.18. The van der Waals surface area contributed by atoms with Crippen LogP contribution in [0.5, 0.6) is 0 Å². The molecular weight excluding hydrogens is 314 g/mol. The molecule has 2 rings (SSSR count). The molecule has 24 heavy (non-hydrogen) atoms. The van der Waals surface area contributed by atoms with Crippen molar-refractivity contribution in [2.45, 2.75) is 19.0 Å². The zero-order valence-electron chi connectivity index (χ0n) is 13.3. The van der Waals surface area contributed by atoms with E-state index in [4.69, 9.17) is 10.00 Å². The summed E-state index contributed by atoms with van der Waals surface area (Å²) >= 11 is 0. The van der Waals surface area contributed by atoms with Crippen molar-refractivity contribution in [1.29, 1.82) is 5.26 Å². The predicted octanol–water partition coefficient (Wildman–Crippen LogP) is 3.01. The van der Waals surface area contributed by atoms with Gasteiger partial charge >= 0.3 is 5.97 Å². The van der Waals surface area contributed by atoms with Crippen molar-refractivity contribution < 1.29 is 18.3 Å². The van der Waals surface area contributed by atoms with Crippen LogP contribution in [-0.2, 0) is 21.6 Å². The molecule has 0 radical (unpaired) electrons. The number of nitriles is 1. The van der Waals surface area contributed by atoms with Crippen LogP contribution in [0.1, 0.15) is 23.6 Å². The van der Waals surface area contributed by atoms with Gasteiger partial charge in [0.1, 0.15) is 17.2 Å². The van der Waals surface area contributed by atoms with Gasteiger partial charge in [0.2, 0.25) is 0 Å². The molecule has 0 aliphatic carbocycles. The number of nitrogens with one attached hydrogen (secondary N) is 1. The van der Waals surface area contributed by atoms with E-state index in [1.165, 1.54) is 14.0 Å². The van der Waals surface area contributed by atoms with Gasteiger partial charge in [0.25, 0.3) is 0 Å². The maximum atomic E-state index is 14.1. The van der Waals surface area contributed by atoms with E-state index >= 15 is 0 Å². The van der Waals surface area contributed by atoms with Gasteiger partial charge < -0.3 is 4.74 Å². The van der Waals surface area contributed by atoms with Gasteiger partial charge in [-0.15, -0.1) is 0 Å². The van der Waals surface area contributed by atoms with Crippen molar-refractivity contribution in [3.05, 3.63) is 70.8 Å². The third-order valence-corrected chi connectivity index (χ3v) is 3.79. The van der Waals surface area contributed by atoms with Crippen molar-refractivity contribution in [3.8, 4) is 6.07 Å². The summed E-state index contributed by atoms with van der Waals surface area (Å²) in [6, 6.07) is 11.6. The molecule has 4 nitrogen and oxygen atoms in total. The summed E-state index contributed by atoms with van der Waals surface area (Å²) in [4.78, 5) is 12.2. The number of hydrogen-bond acceptors (Lipinski definition) is 4. The van der Waals surface area contributed by atoms with E-state index in [1.807, 2.05) is 6.07 Å². The van der Waals surface area contributed by atoms with Gasteiger partial charge in [-0.2, -0.15) is 5.26 Å². The summed E-state index contributed by atoms with van der Waals surface area (Å²) in [5.41, 5.74) is -0.413. The Labute approximate surface area is 138 Å². The van der Waals surface area contributed by atoms with Crippen molar-refractivity contribution in [2.75, 3.05) is 7.11 Å². The van der Waals surface area contributed by atoms with E-state index in [9.17, 15) is 13.6 Å². The normalized spacial score (nSPS) is 13.0. The average molecular weight is 330 g/mol. The molecule has 0 saturated heterocycles. The van der Waals surface area contributed by atoms with E-state index in [0.29, 0.717) is 5.56 Å². The molecule has 0 saturated carbocycles. The number of halogens is 2. The lowest BCUT2D eigenvalue weighted by molar-refractivity contribution is -0.148. The number of rotatable bonds is 5. The Morgan fingerprint density at radius 3 is 2.50 bits per heavy atom. The Hall–Kier alpha value is -2.78. The molecule has 2 aromatic rings. The fourth-order valence-electron chi connectivity index (χ4n) is 2.34. The Bertz CT molecular complexity index is 785. The van der Waals surface area contributed by atoms with Gasteiger partial charge in [-0.1, -0.05) is 12.1 Å². The molecule has 1 N–H and O–H groups in total. The molecular formula is C18H16F2N2O2. The van der Waals surface area contributed by atoms with Crippen LogP contribution in [0.2, 0.25) is 0 Å². The van der Waals surface area contributed by atoms with E-state index in [2.05, 4.69) is 5.32 Å². The lowest BCUT2D eigenvalue weighted by atomic mass is 9.91. The zero-order chi connectivity index (χ0) is 17.7. The molecule has 0 bridgehead atoms. The number of nitrogens with zero attached hydrogens (tertiary/aromatic N) is 1. The van der Waals surface area contributed by atoms with Crippen molar-refractivity contribution in [2.24, 2.45) is 0 Å². The van der Waals surface area contributed by atoms with Crippen LogP contribution < -0.4 is 5.32 Å². The summed E-state index contributed by atoms with van der Waals surface area (Å²) in [5, 5.41) is 11.7. The standard InChI is InChI=1S/C18H16F2N2O2/c1-18(17(23)24-2,15-9-14(19)7-8-16(15)20)22-11-13-5-3-12(10-21)4-6-13/h3-9,22H,11H2,1-2H3/t18-/m1/s1. The molecule has 0 spiro atoms. The molecule has 124 valence electrons. The Morgan fingerprint density at radius 2 is 1.92 bits per heavy atom. The third kappa shape index (κ3) is 3.58. The number of ether oxygens (including phenoxy) is 1. The van der Waals surface area contributed by atoms with Gasteiger partial charge in [-0.05, 0) is 42.8 Å². The predicted molar refractivity (Wildman–Crippen MR) is 83.7 cm³/mol. The number of methoxy groups -OCH3 is 1. The first-order valence-electron chi connectivity index (χ1n) is 7.18. The molecule has 0 amide bonds. The highest BCUT2D eigenvalue weighted by molar-refractivity contribution is 5.82. The first-order chi connectivity index (χ1) is 11.4. The summed E-state index contributed by atoms with van der Waals surface area (Å²) < 4.78 is 32.4. The van der Waals surface area contributed by atoms with Gasteiger partial charge in [0.05, 0.1) is 18.7 Å². The fraction of sp³-hybridized carbons (Fsp3) is 0.222. The zero-order valence-corrected chi connectivity index (χ0v) is 13.3. The molecule has 0 aliphatic rings. The van der Waals surface area contributed by atoms with Crippen LogP contribution in [0.25, 0.3) is 0 Å². The molecule has 0 fully saturated rings. The Kier molecular flexibility index (Phi) is 5.27. The number of carbonyl (C=O) groups excluding carboxylic acids is 1. The number of esters is 1. The van der Waals surface area contributed by atoms with E-state index in [0.717, 1.165) is 23.8 Å². The molecule has 0 aliphatic heterocycles. The topological polar surface area (TPSA) is 62.1 Å². The lowest BCUT2D eigenvalue weighted by Gasteiger charge is -2.29. The summed E-state index contributed by atoms with van der Waals surface area (Å²) in [5.74, 6) is -2.10. The third-order valence-electron chi connectivity index (χ3n) is 3.79. The number of hydrogen-bond donors (Lipinski definition) is 1. The largest absolute Gasteiger partial charge is 0.467 e. The monoisotopic (exact) mass is 330 g/mol. The van der Waals surface area contributed by atoms with Gasteiger partial charge in [0, 0.05) is 12.1 Å². The smallest absolute Gasteiger partial charge is 0.330 e. The van der Waals surface area contributed by atoms with Crippen molar-refractivity contribution >= 4 is 5.97 Å². The van der Waals surface area contributed by atoms with E-state index in [-0.39, 0.29) is 12.1 Å². The van der Waals surface area contributed by atoms with Crippen LogP contribution in [0, 0.1) is 23.0 Å². The molecule has 0 unspecified atom stereocenters. The second-order valence-corrected chi connectivity index (χ2v) is 5.40. The highest BCUT2D eigenvalue weighted by atomic mass is 19.1. The number of carbonyl (C=O) groups is 1. The highest BCUT2D eigenvalue weighted by Crippen LogP contribution is 2.26. The second kappa shape index (κ2) is 7.20. The SMILES string of the molecule is COC(=O)[C@](C)(NCc1ccc(C#N)cc1)c1cc(F)ccc1F. The second-order valence-electron chi connectivity index (χ2n) is 5.40. The molecule has 1 atom stereocenters. The summed E-state index contributed by atoms with van der Waals surface area (Å²) in [6.45, 7) is 1.63.